The molecular weight excluding hydrogens is 418 g/mol. The maximum atomic E-state index is 13.2. The number of carbonyl (C=O) groups excluding carboxylic acids is 3. The van der Waals surface area contributed by atoms with Crippen LogP contribution in [0.2, 0.25) is 0 Å². The molecule has 1 atom stereocenters. The summed E-state index contributed by atoms with van der Waals surface area (Å²) >= 11 is 0. The molecule has 1 aromatic carbocycles. The second-order valence-corrected chi connectivity index (χ2v) is 8.64. The predicted molar refractivity (Wildman–Crippen MR) is 125 cm³/mol. The average Bonchev–Trinajstić information content (AvgIpc) is 3.49. The second kappa shape index (κ2) is 9.68. The summed E-state index contributed by atoms with van der Waals surface area (Å²) in [6, 6.07) is 7.32. The van der Waals surface area contributed by atoms with E-state index in [1.165, 1.54) is 0 Å². The Labute approximate surface area is 194 Å². The van der Waals surface area contributed by atoms with Crippen LogP contribution in [0.15, 0.2) is 30.5 Å². The SMILES string of the molecule is CCN(CC)C(=O)c1cnc([C@H]2CCN(C(=O)c3cccc(N4CCCC4=O)c3)C2)nc1C. The van der Waals surface area contributed by atoms with Crippen molar-refractivity contribution in [1.29, 1.82) is 0 Å². The standard InChI is InChI=1S/C25H31N5O3/c1-4-28(5-2)25(33)21-15-26-23(27-17(21)3)19-11-13-29(16-19)24(32)18-8-6-9-20(14-18)30-12-7-10-22(30)31/h6,8-9,14-15,19H,4-5,7,10-13,16H2,1-3H3/t19-/m0/s1. The van der Waals surface area contributed by atoms with Gasteiger partial charge in [0, 0.05) is 62.5 Å². The molecule has 4 rings (SSSR count). The number of aryl methyl sites for hydroxylation is 1. The molecular formula is C25H31N5O3. The van der Waals surface area contributed by atoms with Crippen molar-refractivity contribution >= 4 is 23.4 Å². The van der Waals surface area contributed by atoms with Crippen molar-refractivity contribution in [3.63, 3.8) is 0 Å². The highest BCUT2D eigenvalue weighted by Crippen LogP contribution is 2.28. The third-order valence-electron chi connectivity index (χ3n) is 6.60. The number of hydrogen-bond acceptors (Lipinski definition) is 5. The molecule has 0 radical (unpaired) electrons. The zero-order chi connectivity index (χ0) is 23.5. The summed E-state index contributed by atoms with van der Waals surface area (Å²) in [6.45, 7) is 8.89. The summed E-state index contributed by atoms with van der Waals surface area (Å²) < 4.78 is 0. The van der Waals surface area contributed by atoms with Gasteiger partial charge in [-0.05, 0) is 51.8 Å². The van der Waals surface area contributed by atoms with Gasteiger partial charge in [-0.25, -0.2) is 9.97 Å². The molecule has 2 aliphatic rings. The molecule has 2 saturated heterocycles. The Morgan fingerprint density at radius 2 is 1.97 bits per heavy atom. The lowest BCUT2D eigenvalue weighted by Gasteiger charge is -2.20. The fourth-order valence-electron chi connectivity index (χ4n) is 4.64. The van der Waals surface area contributed by atoms with Gasteiger partial charge in [-0.2, -0.15) is 0 Å². The van der Waals surface area contributed by atoms with Crippen LogP contribution >= 0.6 is 0 Å². The van der Waals surface area contributed by atoms with Crippen molar-refractivity contribution in [2.24, 2.45) is 0 Å². The molecule has 33 heavy (non-hydrogen) atoms. The van der Waals surface area contributed by atoms with Crippen molar-refractivity contribution < 1.29 is 14.4 Å². The van der Waals surface area contributed by atoms with Crippen LogP contribution in [0.1, 0.15) is 71.3 Å². The highest BCUT2D eigenvalue weighted by atomic mass is 16.2. The number of hydrogen-bond donors (Lipinski definition) is 0. The van der Waals surface area contributed by atoms with Gasteiger partial charge in [0.1, 0.15) is 5.82 Å². The summed E-state index contributed by atoms with van der Waals surface area (Å²) in [5, 5.41) is 0. The first-order valence-corrected chi connectivity index (χ1v) is 11.7. The van der Waals surface area contributed by atoms with E-state index in [9.17, 15) is 14.4 Å². The Balaban J connectivity index is 1.45. The Kier molecular flexibility index (Phi) is 6.72. The van der Waals surface area contributed by atoms with Gasteiger partial charge in [0.15, 0.2) is 0 Å². The zero-order valence-electron chi connectivity index (χ0n) is 19.6. The molecule has 8 heteroatoms. The quantitative estimate of drug-likeness (QED) is 0.677. The summed E-state index contributed by atoms with van der Waals surface area (Å²) in [6.07, 6.45) is 3.81. The van der Waals surface area contributed by atoms with E-state index in [-0.39, 0.29) is 23.6 Å². The number of benzene rings is 1. The fourth-order valence-corrected chi connectivity index (χ4v) is 4.64. The van der Waals surface area contributed by atoms with E-state index in [4.69, 9.17) is 0 Å². The van der Waals surface area contributed by atoms with E-state index in [1.54, 1.807) is 22.1 Å². The molecule has 2 fully saturated rings. The first kappa shape index (κ1) is 22.9. The van der Waals surface area contributed by atoms with Gasteiger partial charge in [-0.15, -0.1) is 0 Å². The van der Waals surface area contributed by atoms with Crippen molar-refractivity contribution in [2.45, 2.75) is 46.0 Å². The lowest BCUT2D eigenvalue weighted by Crippen LogP contribution is -2.31. The van der Waals surface area contributed by atoms with E-state index >= 15 is 0 Å². The average molecular weight is 450 g/mol. The van der Waals surface area contributed by atoms with E-state index in [2.05, 4.69) is 9.97 Å². The Morgan fingerprint density at radius 1 is 1.18 bits per heavy atom. The highest BCUT2D eigenvalue weighted by molar-refractivity contribution is 5.99. The third kappa shape index (κ3) is 4.60. The smallest absolute Gasteiger partial charge is 0.257 e. The Bertz CT molecular complexity index is 1070. The molecule has 0 spiro atoms. The van der Waals surface area contributed by atoms with Crippen molar-refractivity contribution in [3.05, 3.63) is 53.1 Å². The normalized spacial score (nSPS) is 18.2. The van der Waals surface area contributed by atoms with Crippen LogP contribution in [0.4, 0.5) is 5.69 Å². The zero-order valence-corrected chi connectivity index (χ0v) is 19.6. The lowest BCUT2D eigenvalue weighted by atomic mass is 10.1. The van der Waals surface area contributed by atoms with Crippen LogP contribution in [-0.2, 0) is 4.79 Å². The maximum absolute atomic E-state index is 13.2. The minimum absolute atomic E-state index is 0.0357. The number of rotatable bonds is 6. The summed E-state index contributed by atoms with van der Waals surface area (Å²) in [5.74, 6) is 0.722. The monoisotopic (exact) mass is 449 g/mol. The molecule has 0 bridgehead atoms. The van der Waals surface area contributed by atoms with Crippen molar-refractivity contribution in [1.82, 2.24) is 19.8 Å². The van der Waals surface area contributed by atoms with Gasteiger partial charge >= 0.3 is 0 Å². The summed E-state index contributed by atoms with van der Waals surface area (Å²) in [4.78, 5) is 52.3. The van der Waals surface area contributed by atoms with Crippen LogP contribution in [-0.4, -0.2) is 70.2 Å². The molecule has 0 saturated carbocycles. The molecule has 2 aromatic rings. The van der Waals surface area contributed by atoms with E-state index in [0.717, 1.165) is 18.5 Å². The molecule has 0 N–H and O–H groups in total. The summed E-state index contributed by atoms with van der Waals surface area (Å²) in [7, 11) is 0. The minimum atomic E-state index is -0.0522. The van der Waals surface area contributed by atoms with E-state index < -0.39 is 0 Å². The van der Waals surface area contributed by atoms with Crippen molar-refractivity contribution in [3.8, 4) is 0 Å². The molecule has 8 nitrogen and oxygen atoms in total. The van der Waals surface area contributed by atoms with Crippen LogP contribution in [0.25, 0.3) is 0 Å². The van der Waals surface area contributed by atoms with E-state index in [0.29, 0.717) is 61.8 Å². The van der Waals surface area contributed by atoms with Crippen LogP contribution in [0, 0.1) is 6.92 Å². The lowest BCUT2D eigenvalue weighted by molar-refractivity contribution is -0.117. The molecule has 3 heterocycles. The van der Waals surface area contributed by atoms with Crippen LogP contribution in [0.5, 0.6) is 0 Å². The highest BCUT2D eigenvalue weighted by Gasteiger charge is 2.31. The first-order valence-electron chi connectivity index (χ1n) is 11.7. The largest absolute Gasteiger partial charge is 0.339 e. The Hall–Kier alpha value is -3.29. The molecule has 174 valence electrons. The topological polar surface area (TPSA) is 86.7 Å². The number of anilines is 1. The van der Waals surface area contributed by atoms with Crippen LogP contribution in [0.3, 0.4) is 0 Å². The Morgan fingerprint density at radius 3 is 2.64 bits per heavy atom. The predicted octanol–water partition coefficient (Wildman–Crippen LogP) is 3.02. The number of aromatic nitrogens is 2. The molecule has 0 aliphatic carbocycles. The van der Waals surface area contributed by atoms with Gasteiger partial charge in [-0.1, -0.05) is 6.07 Å². The van der Waals surface area contributed by atoms with Gasteiger partial charge < -0.3 is 14.7 Å². The molecule has 0 unspecified atom stereocenters. The number of amides is 3. The van der Waals surface area contributed by atoms with E-state index in [1.807, 2.05) is 43.9 Å². The van der Waals surface area contributed by atoms with Crippen LogP contribution < -0.4 is 4.90 Å². The molecule has 3 amide bonds. The number of carbonyl (C=O) groups is 3. The fraction of sp³-hybridized carbons (Fsp3) is 0.480. The summed E-state index contributed by atoms with van der Waals surface area (Å²) in [5.41, 5.74) is 2.57. The first-order chi connectivity index (χ1) is 15.9. The van der Waals surface area contributed by atoms with Gasteiger partial charge in [0.25, 0.3) is 11.8 Å². The second-order valence-electron chi connectivity index (χ2n) is 8.64. The van der Waals surface area contributed by atoms with Gasteiger partial charge in [0.05, 0.1) is 11.3 Å². The molecule has 1 aromatic heterocycles. The van der Waals surface area contributed by atoms with Crippen molar-refractivity contribution in [2.75, 3.05) is 37.6 Å². The minimum Gasteiger partial charge on any atom is -0.339 e. The third-order valence-corrected chi connectivity index (χ3v) is 6.60. The molecule has 2 aliphatic heterocycles. The number of nitrogens with zero attached hydrogens (tertiary/aromatic N) is 5. The van der Waals surface area contributed by atoms with Gasteiger partial charge in [0.2, 0.25) is 5.91 Å². The maximum Gasteiger partial charge on any atom is 0.257 e. The number of likely N-dealkylation sites (tertiary alicyclic amines) is 1. The van der Waals surface area contributed by atoms with Gasteiger partial charge in [-0.3, -0.25) is 14.4 Å².